The first-order valence-electron chi connectivity index (χ1n) is 5.97. The van der Waals surface area contributed by atoms with Gasteiger partial charge in [0.05, 0.1) is 6.04 Å². The van der Waals surface area contributed by atoms with Crippen LogP contribution in [0.3, 0.4) is 0 Å². The Kier molecular flexibility index (Phi) is 8.21. The summed E-state index contributed by atoms with van der Waals surface area (Å²) in [4.78, 5) is 13.1. The van der Waals surface area contributed by atoms with Crippen molar-refractivity contribution < 1.29 is 9.53 Å². The normalized spacial score (nSPS) is 12.9. The van der Waals surface area contributed by atoms with Crippen molar-refractivity contribution in [3.8, 4) is 0 Å². The van der Waals surface area contributed by atoms with E-state index in [0.29, 0.717) is 5.92 Å². The zero-order valence-corrected chi connectivity index (χ0v) is 11.2. The minimum absolute atomic E-state index is 0.111. The van der Waals surface area contributed by atoms with Gasteiger partial charge in [-0.3, -0.25) is 4.79 Å². The predicted octanol–water partition coefficient (Wildman–Crippen LogP) is 1.12. The zero-order chi connectivity index (χ0) is 12.6. The molecule has 1 unspecified atom stereocenters. The lowest BCUT2D eigenvalue weighted by Gasteiger charge is -2.17. The lowest BCUT2D eigenvalue weighted by Crippen LogP contribution is -2.42. The van der Waals surface area contributed by atoms with Crippen molar-refractivity contribution in [1.29, 1.82) is 0 Å². The molecule has 0 heterocycles. The highest BCUT2D eigenvalue weighted by Crippen LogP contribution is 1.94. The average Bonchev–Trinajstić information content (AvgIpc) is 2.21. The van der Waals surface area contributed by atoms with Gasteiger partial charge in [0.2, 0.25) is 5.91 Å². The molecule has 0 aromatic heterocycles. The molecule has 0 aromatic rings. The number of nitrogens with one attached hydrogen (secondary N) is 1. The molecule has 4 nitrogen and oxygen atoms in total. The third kappa shape index (κ3) is 7.65. The standard InChI is InChI=1S/C12H26N2O2/c1-10(2)9-16-8-6-7-13-11(3)12(15)14(4)5/h10-11,13H,6-9H2,1-5H3. The van der Waals surface area contributed by atoms with Crippen LogP contribution in [0.2, 0.25) is 0 Å². The number of hydrogen-bond donors (Lipinski definition) is 1. The van der Waals surface area contributed by atoms with Gasteiger partial charge >= 0.3 is 0 Å². The summed E-state index contributed by atoms with van der Waals surface area (Å²) in [6, 6.07) is -0.111. The Hall–Kier alpha value is -0.610. The fourth-order valence-electron chi connectivity index (χ4n) is 1.29. The molecule has 0 saturated carbocycles. The smallest absolute Gasteiger partial charge is 0.238 e. The van der Waals surface area contributed by atoms with Gasteiger partial charge in [-0.1, -0.05) is 13.8 Å². The lowest BCUT2D eigenvalue weighted by molar-refractivity contribution is -0.130. The molecule has 0 rings (SSSR count). The molecule has 0 aliphatic carbocycles. The molecule has 0 aliphatic heterocycles. The largest absolute Gasteiger partial charge is 0.381 e. The highest BCUT2D eigenvalue weighted by molar-refractivity contribution is 5.80. The first-order valence-corrected chi connectivity index (χ1v) is 5.97. The maximum atomic E-state index is 11.5. The quantitative estimate of drug-likeness (QED) is 0.635. The molecule has 1 N–H and O–H groups in total. The van der Waals surface area contributed by atoms with Crippen molar-refractivity contribution >= 4 is 5.91 Å². The van der Waals surface area contributed by atoms with E-state index >= 15 is 0 Å². The molecule has 1 atom stereocenters. The van der Waals surface area contributed by atoms with Gasteiger partial charge in [0.1, 0.15) is 0 Å². The molecule has 4 heteroatoms. The number of hydrogen-bond acceptors (Lipinski definition) is 3. The molecule has 1 amide bonds. The number of carbonyl (C=O) groups excluding carboxylic acids is 1. The number of ether oxygens (including phenoxy) is 1. The van der Waals surface area contributed by atoms with Gasteiger partial charge in [0.15, 0.2) is 0 Å². The fourth-order valence-corrected chi connectivity index (χ4v) is 1.29. The molecule has 16 heavy (non-hydrogen) atoms. The summed E-state index contributed by atoms with van der Waals surface area (Å²) < 4.78 is 5.45. The monoisotopic (exact) mass is 230 g/mol. The van der Waals surface area contributed by atoms with Crippen LogP contribution in [0, 0.1) is 5.92 Å². The topological polar surface area (TPSA) is 41.6 Å². The summed E-state index contributed by atoms with van der Waals surface area (Å²) in [5, 5.41) is 3.18. The van der Waals surface area contributed by atoms with E-state index in [1.165, 1.54) is 0 Å². The van der Waals surface area contributed by atoms with Crippen LogP contribution in [-0.2, 0) is 9.53 Å². The number of likely N-dealkylation sites (N-methyl/N-ethyl adjacent to an activating group) is 1. The number of carbonyl (C=O) groups is 1. The zero-order valence-electron chi connectivity index (χ0n) is 11.2. The molecule has 0 fully saturated rings. The van der Waals surface area contributed by atoms with E-state index in [4.69, 9.17) is 4.74 Å². The Morgan fingerprint density at radius 1 is 1.31 bits per heavy atom. The second-order valence-corrected chi connectivity index (χ2v) is 4.73. The first-order chi connectivity index (χ1) is 7.45. The molecule has 0 aliphatic rings. The molecule has 0 bridgehead atoms. The highest BCUT2D eigenvalue weighted by Gasteiger charge is 2.12. The molecular weight excluding hydrogens is 204 g/mol. The third-order valence-electron chi connectivity index (χ3n) is 2.18. The summed E-state index contributed by atoms with van der Waals surface area (Å²) in [6.45, 7) is 8.54. The van der Waals surface area contributed by atoms with Crippen LogP contribution in [-0.4, -0.2) is 50.7 Å². The number of rotatable bonds is 8. The second-order valence-electron chi connectivity index (χ2n) is 4.73. The van der Waals surface area contributed by atoms with Gasteiger partial charge in [-0.25, -0.2) is 0 Å². The van der Waals surface area contributed by atoms with Crippen LogP contribution < -0.4 is 5.32 Å². The van der Waals surface area contributed by atoms with Crippen molar-refractivity contribution in [3.63, 3.8) is 0 Å². The minimum Gasteiger partial charge on any atom is -0.381 e. The molecule has 0 aromatic carbocycles. The van der Waals surface area contributed by atoms with Crippen LogP contribution in [0.25, 0.3) is 0 Å². The average molecular weight is 230 g/mol. The van der Waals surface area contributed by atoms with Crippen LogP contribution in [0.5, 0.6) is 0 Å². The highest BCUT2D eigenvalue weighted by atomic mass is 16.5. The van der Waals surface area contributed by atoms with Crippen LogP contribution in [0.15, 0.2) is 0 Å². The SMILES string of the molecule is CC(C)COCCCNC(C)C(=O)N(C)C. The van der Waals surface area contributed by atoms with Gasteiger partial charge in [-0.05, 0) is 25.8 Å². The molecule has 0 spiro atoms. The summed E-state index contributed by atoms with van der Waals surface area (Å²) in [7, 11) is 3.54. The van der Waals surface area contributed by atoms with Crippen molar-refractivity contribution in [2.45, 2.75) is 33.2 Å². The lowest BCUT2D eigenvalue weighted by atomic mass is 10.2. The number of amides is 1. The van der Waals surface area contributed by atoms with E-state index in [1.807, 2.05) is 6.92 Å². The maximum absolute atomic E-state index is 11.5. The first kappa shape index (κ1) is 15.4. The predicted molar refractivity (Wildman–Crippen MR) is 66.4 cm³/mol. The van der Waals surface area contributed by atoms with E-state index in [2.05, 4.69) is 19.2 Å². The maximum Gasteiger partial charge on any atom is 0.238 e. The molecule has 0 radical (unpaired) electrons. The second kappa shape index (κ2) is 8.53. The summed E-state index contributed by atoms with van der Waals surface area (Å²) >= 11 is 0. The van der Waals surface area contributed by atoms with Gasteiger partial charge < -0.3 is 15.0 Å². The Balaban J connectivity index is 3.41. The Labute approximate surface area is 99.3 Å². The van der Waals surface area contributed by atoms with Crippen LogP contribution in [0.4, 0.5) is 0 Å². The Bertz CT molecular complexity index is 193. The molecule has 96 valence electrons. The summed E-state index contributed by atoms with van der Waals surface area (Å²) in [6.07, 6.45) is 0.942. The Morgan fingerprint density at radius 2 is 1.94 bits per heavy atom. The van der Waals surface area contributed by atoms with E-state index in [1.54, 1.807) is 19.0 Å². The van der Waals surface area contributed by atoms with Crippen molar-refractivity contribution in [2.75, 3.05) is 33.9 Å². The van der Waals surface area contributed by atoms with Crippen molar-refractivity contribution in [1.82, 2.24) is 10.2 Å². The summed E-state index contributed by atoms with van der Waals surface area (Å²) in [5.74, 6) is 0.699. The van der Waals surface area contributed by atoms with E-state index in [9.17, 15) is 4.79 Å². The van der Waals surface area contributed by atoms with Crippen LogP contribution in [0.1, 0.15) is 27.2 Å². The Morgan fingerprint density at radius 3 is 2.44 bits per heavy atom. The summed E-state index contributed by atoms with van der Waals surface area (Å²) in [5.41, 5.74) is 0. The van der Waals surface area contributed by atoms with Gasteiger partial charge in [0.25, 0.3) is 0 Å². The van der Waals surface area contributed by atoms with E-state index in [-0.39, 0.29) is 11.9 Å². The van der Waals surface area contributed by atoms with Gasteiger partial charge in [0, 0.05) is 27.3 Å². The van der Waals surface area contributed by atoms with Gasteiger partial charge in [-0.15, -0.1) is 0 Å². The van der Waals surface area contributed by atoms with E-state index < -0.39 is 0 Å². The van der Waals surface area contributed by atoms with Crippen molar-refractivity contribution in [2.24, 2.45) is 5.92 Å². The minimum atomic E-state index is -0.111. The third-order valence-corrected chi connectivity index (χ3v) is 2.18. The fraction of sp³-hybridized carbons (Fsp3) is 0.917. The van der Waals surface area contributed by atoms with Crippen molar-refractivity contribution in [3.05, 3.63) is 0 Å². The van der Waals surface area contributed by atoms with Gasteiger partial charge in [-0.2, -0.15) is 0 Å². The van der Waals surface area contributed by atoms with E-state index in [0.717, 1.165) is 26.2 Å². The number of nitrogens with zero attached hydrogens (tertiary/aromatic N) is 1. The molecular formula is C12H26N2O2. The van der Waals surface area contributed by atoms with Crippen LogP contribution >= 0.6 is 0 Å². The molecule has 0 saturated heterocycles.